The third-order valence-electron chi connectivity index (χ3n) is 4.01. The first-order chi connectivity index (χ1) is 10.3. The molecule has 1 amide bonds. The van der Waals surface area contributed by atoms with Crippen molar-refractivity contribution in [2.24, 2.45) is 0 Å². The van der Waals surface area contributed by atoms with E-state index in [2.05, 4.69) is 16.8 Å². The molecule has 1 aliphatic heterocycles. The number of amides is 1. The van der Waals surface area contributed by atoms with Crippen LogP contribution in [0.1, 0.15) is 51.6 Å². The van der Waals surface area contributed by atoms with Gasteiger partial charge in [0.05, 0.1) is 6.04 Å². The molecule has 5 nitrogen and oxygen atoms in total. The Bertz CT molecular complexity index is 484. The smallest absolute Gasteiger partial charge is 0.410 e. The van der Waals surface area contributed by atoms with Crippen molar-refractivity contribution >= 4 is 17.4 Å². The molecular weight excluding hydrogens is 298 g/mol. The van der Waals surface area contributed by atoms with E-state index in [9.17, 15) is 4.79 Å². The summed E-state index contributed by atoms with van der Waals surface area (Å²) in [6, 6.07) is 0.501. The first-order valence-electron chi connectivity index (χ1n) is 7.87. The number of rotatable bonds is 3. The van der Waals surface area contributed by atoms with E-state index >= 15 is 0 Å². The molecule has 22 heavy (non-hydrogen) atoms. The number of carbonyl (C=O) groups excluding carboxylic acids is 1. The standard InChI is InChI=1S/C16H27N3O2S/c1-12(14-17-8-10-22-14)19-9-6-7-13(11-19)18(5)15(20)21-16(2,3)4/h8,10,12-13H,6-7,9,11H2,1-5H3/t12-,13-/m0/s1. The molecule has 2 atom stereocenters. The second-order valence-electron chi connectivity index (χ2n) is 6.93. The molecular formula is C16H27N3O2S. The van der Waals surface area contributed by atoms with Gasteiger partial charge in [-0.1, -0.05) is 0 Å². The van der Waals surface area contributed by atoms with Crippen LogP contribution in [0.4, 0.5) is 4.79 Å². The number of likely N-dealkylation sites (N-methyl/N-ethyl adjacent to an activating group) is 1. The monoisotopic (exact) mass is 325 g/mol. The first kappa shape index (κ1) is 17.2. The Morgan fingerprint density at radius 1 is 1.55 bits per heavy atom. The van der Waals surface area contributed by atoms with Crippen molar-refractivity contribution in [1.82, 2.24) is 14.8 Å². The molecule has 1 fully saturated rings. The number of nitrogens with zero attached hydrogens (tertiary/aromatic N) is 3. The van der Waals surface area contributed by atoms with E-state index in [0.717, 1.165) is 30.9 Å². The van der Waals surface area contributed by atoms with Crippen LogP contribution in [0.15, 0.2) is 11.6 Å². The molecule has 0 aromatic carbocycles. The maximum atomic E-state index is 12.2. The summed E-state index contributed by atoms with van der Waals surface area (Å²) in [6.07, 6.45) is 3.73. The van der Waals surface area contributed by atoms with E-state index in [1.165, 1.54) is 0 Å². The van der Waals surface area contributed by atoms with Gasteiger partial charge in [-0.15, -0.1) is 11.3 Å². The van der Waals surface area contributed by atoms with Crippen LogP contribution in [0.25, 0.3) is 0 Å². The average Bonchev–Trinajstić information content (AvgIpc) is 2.98. The van der Waals surface area contributed by atoms with Crippen molar-refractivity contribution in [3.63, 3.8) is 0 Å². The van der Waals surface area contributed by atoms with E-state index in [-0.39, 0.29) is 12.1 Å². The summed E-state index contributed by atoms with van der Waals surface area (Å²) in [7, 11) is 1.84. The van der Waals surface area contributed by atoms with Crippen molar-refractivity contribution in [2.45, 2.75) is 58.2 Å². The Kier molecular flexibility index (Phi) is 5.45. The molecule has 1 saturated heterocycles. The van der Waals surface area contributed by atoms with Gasteiger partial charge in [-0.3, -0.25) is 4.90 Å². The van der Waals surface area contributed by atoms with Gasteiger partial charge in [0.1, 0.15) is 10.6 Å². The number of hydrogen-bond donors (Lipinski definition) is 0. The normalized spacial score (nSPS) is 21.4. The van der Waals surface area contributed by atoms with E-state index in [4.69, 9.17) is 4.74 Å². The number of hydrogen-bond acceptors (Lipinski definition) is 5. The highest BCUT2D eigenvalue weighted by Crippen LogP contribution is 2.27. The Labute approximate surface area is 137 Å². The minimum atomic E-state index is -0.451. The Morgan fingerprint density at radius 2 is 2.27 bits per heavy atom. The number of piperidine rings is 1. The van der Waals surface area contributed by atoms with Gasteiger partial charge in [0, 0.05) is 31.2 Å². The van der Waals surface area contributed by atoms with Gasteiger partial charge < -0.3 is 9.64 Å². The van der Waals surface area contributed by atoms with Crippen LogP contribution in [0.5, 0.6) is 0 Å². The molecule has 0 spiro atoms. The lowest BCUT2D eigenvalue weighted by Crippen LogP contribution is -2.50. The zero-order valence-electron chi connectivity index (χ0n) is 14.2. The molecule has 0 saturated carbocycles. The highest BCUT2D eigenvalue weighted by Gasteiger charge is 2.31. The maximum Gasteiger partial charge on any atom is 0.410 e. The van der Waals surface area contributed by atoms with Gasteiger partial charge in [-0.2, -0.15) is 0 Å². The lowest BCUT2D eigenvalue weighted by atomic mass is 10.0. The van der Waals surface area contributed by atoms with Crippen LogP contribution in [0, 0.1) is 0 Å². The van der Waals surface area contributed by atoms with Crippen LogP contribution in [-0.2, 0) is 4.74 Å². The number of aromatic nitrogens is 1. The molecule has 1 aliphatic rings. The summed E-state index contributed by atoms with van der Waals surface area (Å²) >= 11 is 1.69. The predicted molar refractivity (Wildman–Crippen MR) is 89.1 cm³/mol. The maximum absolute atomic E-state index is 12.2. The molecule has 124 valence electrons. The highest BCUT2D eigenvalue weighted by atomic mass is 32.1. The number of ether oxygens (including phenoxy) is 1. The van der Waals surface area contributed by atoms with Crippen molar-refractivity contribution in [3.05, 3.63) is 16.6 Å². The highest BCUT2D eigenvalue weighted by molar-refractivity contribution is 7.09. The quantitative estimate of drug-likeness (QED) is 0.853. The molecule has 0 radical (unpaired) electrons. The van der Waals surface area contributed by atoms with E-state index in [1.807, 2.05) is 39.4 Å². The largest absolute Gasteiger partial charge is 0.444 e. The van der Waals surface area contributed by atoms with Gasteiger partial charge in [-0.25, -0.2) is 9.78 Å². The van der Waals surface area contributed by atoms with Gasteiger partial charge >= 0.3 is 6.09 Å². The Morgan fingerprint density at radius 3 is 2.86 bits per heavy atom. The molecule has 6 heteroatoms. The predicted octanol–water partition coefficient (Wildman–Crippen LogP) is 3.54. The minimum absolute atomic E-state index is 0.200. The molecule has 0 unspecified atom stereocenters. The van der Waals surface area contributed by atoms with Crippen molar-refractivity contribution in [2.75, 3.05) is 20.1 Å². The zero-order valence-corrected chi connectivity index (χ0v) is 15.0. The minimum Gasteiger partial charge on any atom is -0.444 e. The topological polar surface area (TPSA) is 45.7 Å². The van der Waals surface area contributed by atoms with E-state index in [0.29, 0.717) is 6.04 Å². The fourth-order valence-corrected chi connectivity index (χ4v) is 3.46. The van der Waals surface area contributed by atoms with Gasteiger partial charge in [0.2, 0.25) is 0 Å². The second kappa shape index (κ2) is 6.96. The van der Waals surface area contributed by atoms with Crippen LogP contribution in [0.3, 0.4) is 0 Å². The molecule has 1 aromatic rings. The number of carbonyl (C=O) groups is 1. The second-order valence-corrected chi connectivity index (χ2v) is 7.85. The first-order valence-corrected chi connectivity index (χ1v) is 8.75. The molecule has 0 N–H and O–H groups in total. The molecule has 1 aromatic heterocycles. The van der Waals surface area contributed by atoms with Crippen LogP contribution >= 0.6 is 11.3 Å². The Balaban J connectivity index is 1.96. The van der Waals surface area contributed by atoms with Gasteiger partial charge in [0.15, 0.2) is 0 Å². The van der Waals surface area contributed by atoms with E-state index in [1.54, 1.807) is 16.2 Å². The summed E-state index contributed by atoms with van der Waals surface area (Å²) < 4.78 is 5.48. The number of likely N-dealkylation sites (tertiary alicyclic amines) is 1. The summed E-state index contributed by atoms with van der Waals surface area (Å²) in [5.41, 5.74) is -0.451. The third kappa shape index (κ3) is 4.43. The fourth-order valence-electron chi connectivity index (χ4n) is 2.73. The summed E-state index contributed by atoms with van der Waals surface area (Å²) in [5, 5.41) is 3.15. The van der Waals surface area contributed by atoms with Crippen LogP contribution in [0.2, 0.25) is 0 Å². The third-order valence-corrected chi connectivity index (χ3v) is 4.96. The zero-order chi connectivity index (χ0) is 16.3. The lowest BCUT2D eigenvalue weighted by Gasteiger charge is -2.40. The SMILES string of the molecule is C[C@@H](c1nccs1)N1CCC[C@H](N(C)C(=O)OC(C)(C)C)C1. The lowest BCUT2D eigenvalue weighted by molar-refractivity contribution is 0.0105. The molecule has 2 rings (SSSR count). The van der Waals surface area contributed by atoms with Crippen molar-refractivity contribution in [3.8, 4) is 0 Å². The summed E-state index contributed by atoms with van der Waals surface area (Å²) in [6.45, 7) is 9.81. The van der Waals surface area contributed by atoms with Crippen molar-refractivity contribution in [1.29, 1.82) is 0 Å². The van der Waals surface area contributed by atoms with Crippen molar-refractivity contribution < 1.29 is 9.53 Å². The molecule has 0 bridgehead atoms. The van der Waals surface area contributed by atoms with Crippen LogP contribution in [-0.4, -0.2) is 52.7 Å². The summed E-state index contributed by atoms with van der Waals surface area (Å²) in [5.74, 6) is 0. The molecule has 0 aliphatic carbocycles. The van der Waals surface area contributed by atoms with Gasteiger partial charge in [0.25, 0.3) is 0 Å². The van der Waals surface area contributed by atoms with E-state index < -0.39 is 5.60 Å². The molecule has 2 heterocycles. The summed E-state index contributed by atoms with van der Waals surface area (Å²) in [4.78, 5) is 20.8. The number of thiazole rings is 1. The van der Waals surface area contributed by atoms with Crippen LogP contribution < -0.4 is 0 Å². The average molecular weight is 325 g/mol. The van der Waals surface area contributed by atoms with Gasteiger partial charge in [-0.05, 0) is 47.1 Å². The Hall–Kier alpha value is -1.14. The fraction of sp³-hybridized carbons (Fsp3) is 0.750.